The zero-order valence-corrected chi connectivity index (χ0v) is 12.0. The number of aliphatic hydroxyl groups is 1. The molecule has 0 saturated heterocycles. The smallest absolute Gasteiger partial charge is 0.0781 e. The van der Waals surface area contributed by atoms with Gasteiger partial charge in [-0.25, -0.2) is 0 Å². The molecule has 0 aliphatic carbocycles. The zero-order chi connectivity index (χ0) is 12.8. The monoisotopic (exact) mass is 253 g/mol. The van der Waals surface area contributed by atoms with Crippen molar-refractivity contribution in [3.05, 3.63) is 29.8 Å². The van der Waals surface area contributed by atoms with Crippen LogP contribution < -0.4 is 4.90 Å². The van der Waals surface area contributed by atoms with Crippen molar-refractivity contribution in [2.75, 3.05) is 24.0 Å². The minimum Gasteiger partial charge on any atom is -0.389 e. The van der Waals surface area contributed by atoms with Gasteiger partial charge in [-0.2, -0.15) is 11.8 Å². The molecule has 1 N–H and O–H groups in total. The van der Waals surface area contributed by atoms with Gasteiger partial charge < -0.3 is 10.0 Å². The Morgan fingerprint density at radius 3 is 2.53 bits per heavy atom. The summed E-state index contributed by atoms with van der Waals surface area (Å²) in [5.74, 6) is 1.11. The van der Waals surface area contributed by atoms with E-state index in [4.69, 9.17) is 0 Å². The van der Waals surface area contributed by atoms with Crippen molar-refractivity contribution in [1.29, 1.82) is 0 Å². The highest BCUT2D eigenvalue weighted by Crippen LogP contribution is 2.27. The van der Waals surface area contributed by atoms with E-state index in [1.54, 1.807) is 0 Å². The largest absolute Gasteiger partial charge is 0.389 e. The minimum atomic E-state index is -0.416. The van der Waals surface area contributed by atoms with Gasteiger partial charge in [-0.3, -0.25) is 0 Å². The van der Waals surface area contributed by atoms with E-state index in [0.717, 1.165) is 23.4 Å². The highest BCUT2D eigenvalue weighted by molar-refractivity contribution is 7.98. The van der Waals surface area contributed by atoms with Gasteiger partial charge >= 0.3 is 0 Å². The first-order chi connectivity index (χ1) is 8.11. The van der Waals surface area contributed by atoms with Crippen LogP contribution in [0.1, 0.15) is 31.9 Å². The maximum absolute atomic E-state index is 9.81. The van der Waals surface area contributed by atoms with E-state index in [2.05, 4.69) is 31.2 Å². The lowest BCUT2D eigenvalue weighted by atomic mass is 10.1. The van der Waals surface area contributed by atoms with E-state index in [9.17, 15) is 5.11 Å². The van der Waals surface area contributed by atoms with Gasteiger partial charge in [0.25, 0.3) is 0 Å². The SMILES string of the molecule is CCC(CSC)N(C)c1ccccc1[C@@H](C)O. The van der Waals surface area contributed by atoms with Crippen LogP contribution in [0.4, 0.5) is 5.69 Å². The zero-order valence-electron chi connectivity index (χ0n) is 11.2. The molecule has 1 aromatic rings. The number of rotatable bonds is 6. The Labute approximate surface area is 109 Å². The quantitative estimate of drug-likeness (QED) is 0.841. The number of aliphatic hydroxyl groups excluding tert-OH is 1. The summed E-state index contributed by atoms with van der Waals surface area (Å²) in [7, 11) is 2.12. The van der Waals surface area contributed by atoms with Crippen molar-refractivity contribution >= 4 is 17.4 Å². The third kappa shape index (κ3) is 3.65. The Morgan fingerprint density at radius 2 is 2.00 bits per heavy atom. The molecule has 0 radical (unpaired) electrons. The first kappa shape index (κ1) is 14.4. The van der Waals surface area contributed by atoms with Gasteiger partial charge in [0.2, 0.25) is 0 Å². The number of para-hydroxylation sites is 1. The number of nitrogens with zero attached hydrogens (tertiary/aromatic N) is 1. The molecule has 0 saturated carbocycles. The van der Waals surface area contributed by atoms with Gasteiger partial charge in [0.05, 0.1) is 6.10 Å². The minimum absolute atomic E-state index is 0.416. The summed E-state index contributed by atoms with van der Waals surface area (Å²) in [5, 5.41) is 9.81. The predicted octanol–water partition coefficient (Wildman–Crippen LogP) is 3.32. The van der Waals surface area contributed by atoms with Gasteiger partial charge in [0.1, 0.15) is 0 Å². The molecule has 0 amide bonds. The fourth-order valence-corrected chi connectivity index (χ4v) is 2.90. The predicted molar refractivity (Wildman–Crippen MR) is 77.9 cm³/mol. The standard InChI is InChI=1S/C14H23NOS/c1-5-12(10-17-4)15(3)14-9-7-6-8-13(14)11(2)16/h6-9,11-12,16H,5,10H2,1-4H3/t11-,12?/m1/s1. The number of hydrogen-bond donors (Lipinski definition) is 1. The Balaban J connectivity index is 2.97. The van der Waals surface area contributed by atoms with E-state index in [0.29, 0.717) is 6.04 Å². The van der Waals surface area contributed by atoms with Crippen molar-refractivity contribution in [2.45, 2.75) is 32.4 Å². The van der Waals surface area contributed by atoms with Crippen LogP contribution in [0.5, 0.6) is 0 Å². The molecule has 2 nitrogen and oxygen atoms in total. The van der Waals surface area contributed by atoms with Crippen LogP contribution in [0.3, 0.4) is 0 Å². The first-order valence-corrected chi connectivity index (χ1v) is 7.49. The second-order valence-electron chi connectivity index (χ2n) is 4.36. The van der Waals surface area contributed by atoms with E-state index in [1.807, 2.05) is 36.9 Å². The van der Waals surface area contributed by atoms with Gasteiger partial charge in [0.15, 0.2) is 0 Å². The average molecular weight is 253 g/mol. The second-order valence-corrected chi connectivity index (χ2v) is 5.27. The Bertz CT molecular complexity index is 341. The molecule has 17 heavy (non-hydrogen) atoms. The van der Waals surface area contributed by atoms with Gasteiger partial charge in [-0.15, -0.1) is 0 Å². The summed E-state index contributed by atoms with van der Waals surface area (Å²) < 4.78 is 0. The molecule has 2 atom stereocenters. The molecule has 3 heteroatoms. The number of anilines is 1. The second kappa shape index (κ2) is 6.92. The molecule has 1 unspecified atom stereocenters. The Morgan fingerprint density at radius 1 is 1.35 bits per heavy atom. The summed E-state index contributed by atoms with van der Waals surface area (Å²) >= 11 is 1.87. The molecule has 1 rings (SSSR count). The Kier molecular flexibility index (Phi) is 5.86. The summed E-state index contributed by atoms with van der Waals surface area (Å²) in [6, 6.07) is 8.62. The van der Waals surface area contributed by atoms with Crippen LogP contribution in [0.25, 0.3) is 0 Å². The Hall–Kier alpha value is -0.670. The van der Waals surface area contributed by atoms with Crippen LogP contribution >= 0.6 is 11.8 Å². The van der Waals surface area contributed by atoms with Crippen molar-refractivity contribution in [1.82, 2.24) is 0 Å². The molecule has 0 heterocycles. The molecule has 96 valence electrons. The summed E-state index contributed by atoms with van der Waals surface area (Å²) in [5.41, 5.74) is 2.15. The van der Waals surface area contributed by atoms with Crippen molar-refractivity contribution in [3.63, 3.8) is 0 Å². The van der Waals surface area contributed by atoms with Crippen LogP contribution in [0.2, 0.25) is 0 Å². The van der Waals surface area contributed by atoms with Crippen LogP contribution in [-0.4, -0.2) is 30.2 Å². The van der Waals surface area contributed by atoms with Crippen LogP contribution in [0, 0.1) is 0 Å². The highest BCUT2D eigenvalue weighted by atomic mass is 32.2. The lowest BCUT2D eigenvalue weighted by molar-refractivity contribution is 0.199. The molecular weight excluding hydrogens is 230 g/mol. The van der Waals surface area contributed by atoms with E-state index in [-0.39, 0.29) is 0 Å². The van der Waals surface area contributed by atoms with Crippen LogP contribution in [-0.2, 0) is 0 Å². The van der Waals surface area contributed by atoms with Gasteiger partial charge in [-0.05, 0) is 25.7 Å². The van der Waals surface area contributed by atoms with Crippen LogP contribution in [0.15, 0.2) is 24.3 Å². The van der Waals surface area contributed by atoms with E-state index < -0.39 is 6.10 Å². The molecule has 0 aliphatic rings. The van der Waals surface area contributed by atoms with Gasteiger partial charge in [0, 0.05) is 30.1 Å². The molecular formula is C14H23NOS. The summed E-state index contributed by atoms with van der Waals surface area (Å²) in [4.78, 5) is 2.29. The maximum Gasteiger partial charge on any atom is 0.0781 e. The van der Waals surface area contributed by atoms with Crippen molar-refractivity contribution in [3.8, 4) is 0 Å². The fraction of sp³-hybridized carbons (Fsp3) is 0.571. The van der Waals surface area contributed by atoms with Crippen molar-refractivity contribution in [2.24, 2.45) is 0 Å². The molecule has 0 aliphatic heterocycles. The van der Waals surface area contributed by atoms with Gasteiger partial charge in [-0.1, -0.05) is 25.1 Å². The third-order valence-electron chi connectivity index (χ3n) is 3.14. The lowest BCUT2D eigenvalue weighted by Gasteiger charge is -2.31. The van der Waals surface area contributed by atoms with E-state index >= 15 is 0 Å². The normalized spacial score (nSPS) is 14.4. The molecule has 0 spiro atoms. The van der Waals surface area contributed by atoms with E-state index in [1.165, 1.54) is 0 Å². The number of thioether (sulfide) groups is 1. The molecule has 0 aromatic heterocycles. The molecule has 0 bridgehead atoms. The molecule has 1 aromatic carbocycles. The number of benzene rings is 1. The fourth-order valence-electron chi connectivity index (χ4n) is 2.05. The average Bonchev–Trinajstić information content (AvgIpc) is 2.35. The third-order valence-corrected chi connectivity index (χ3v) is 3.86. The summed E-state index contributed by atoms with van der Waals surface area (Å²) in [6.07, 6.45) is 2.84. The highest BCUT2D eigenvalue weighted by Gasteiger charge is 2.17. The lowest BCUT2D eigenvalue weighted by Crippen LogP contribution is -2.33. The number of hydrogen-bond acceptors (Lipinski definition) is 3. The van der Waals surface area contributed by atoms with Crippen molar-refractivity contribution < 1.29 is 5.11 Å². The first-order valence-electron chi connectivity index (χ1n) is 6.10. The topological polar surface area (TPSA) is 23.5 Å². The molecule has 0 fully saturated rings. The maximum atomic E-state index is 9.81. The summed E-state index contributed by atoms with van der Waals surface area (Å²) in [6.45, 7) is 4.03.